The lowest BCUT2D eigenvalue weighted by Crippen LogP contribution is -2.28. The van der Waals surface area contributed by atoms with E-state index in [0.29, 0.717) is 18.9 Å². The first-order chi connectivity index (χ1) is 16.7. The Morgan fingerprint density at radius 2 is 1.80 bits per heavy atom. The van der Waals surface area contributed by atoms with Gasteiger partial charge in [-0.25, -0.2) is 4.39 Å². The number of halogens is 4. The Kier molecular flexibility index (Phi) is 8.89. The van der Waals surface area contributed by atoms with Crippen molar-refractivity contribution in [1.29, 1.82) is 0 Å². The zero-order chi connectivity index (χ0) is 25.4. The number of carboxylic acid groups (broad SMARTS) is 1. The lowest BCUT2D eigenvalue weighted by atomic mass is 9.77. The van der Waals surface area contributed by atoms with Gasteiger partial charge < -0.3 is 15.2 Å². The first-order valence-electron chi connectivity index (χ1n) is 11.4. The predicted molar refractivity (Wildman–Crippen MR) is 123 cm³/mol. The molecule has 1 heterocycles. The van der Waals surface area contributed by atoms with Crippen LogP contribution in [0.5, 0.6) is 0 Å². The number of ether oxygens (including phenoxy) is 1. The molecule has 0 spiro atoms. The van der Waals surface area contributed by atoms with Crippen LogP contribution in [-0.4, -0.2) is 24.1 Å². The van der Waals surface area contributed by atoms with Gasteiger partial charge >= 0.3 is 6.18 Å². The van der Waals surface area contributed by atoms with E-state index in [9.17, 15) is 22.4 Å². The summed E-state index contributed by atoms with van der Waals surface area (Å²) in [5.74, 6) is -1.54. The van der Waals surface area contributed by atoms with Gasteiger partial charge in [0, 0.05) is 5.92 Å². The molecule has 5 nitrogen and oxygen atoms in total. The summed E-state index contributed by atoms with van der Waals surface area (Å²) in [7, 11) is 0. The van der Waals surface area contributed by atoms with Crippen LogP contribution in [0.1, 0.15) is 61.1 Å². The van der Waals surface area contributed by atoms with Crippen molar-refractivity contribution < 1.29 is 37.0 Å². The summed E-state index contributed by atoms with van der Waals surface area (Å²) in [6.45, 7) is 0.503. The van der Waals surface area contributed by atoms with Crippen LogP contribution in [0.2, 0.25) is 0 Å². The third-order valence-corrected chi connectivity index (χ3v) is 6.29. The van der Waals surface area contributed by atoms with Gasteiger partial charge in [-0.05, 0) is 72.9 Å². The molecule has 1 amide bonds. The molecule has 2 unspecified atom stereocenters. The Bertz CT molecular complexity index is 1050. The molecule has 2 aromatic rings. The fraction of sp³-hybridized carbons (Fsp3) is 0.385. The van der Waals surface area contributed by atoms with Gasteiger partial charge in [0.2, 0.25) is 5.91 Å². The van der Waals surface area contributed by atoms with Crippen molar-refractivity contribution in [3.05, 3.63) is 71.2 Å². The van der Waals surface area contributed by atoms with E-state index in [2.05, 4.69) is 29.6 Å². The number of anilines is 1. The fourth-order valence-corrected chi connectivity index (χ4v) is 4.50. The largest absolute Gasteiger partial charge is 0.501 e. The first-order valence-corrected chi connectivity index (χ1v) is 11.4. The highest BCUT2D eigenvalue weighted by Gasteiger charge is 2.32. The lowest BCUT2D eigenvalue weighted by molar-refractivity contribution is -0.137. The molecule has 188 valence electrons. The summed E-state index contributed by atoms with van der Waals surface area (Å²) in [5, 5.41) is 9.37. The Labute approximate surface area is 200 Å². The number of nitrogens with one attached hydrogen (secondary N) is 1. The molecular formula is C26H27F4NO4. The molecule has 0 radical (unpaired) electrons. The topological polar surface area (TPSA) is 75.6 Å². The number of amides is 1. The van der Waals surface area contributed by atoms with E-state index < -0.39 is 17.6 Å². The average molecular weight is 493 g/mol. The Morgan fingerprint density at radius 1 is 1.09 bits per heavy atom. The van der Waals surface area contributed by atoms with Crippen molar-refractivity contribution in [2.75, 3.05) is 11.9 Å². The molecule has 2 aliphatic rings. The third kappa shape index (κ3) is 7.07. The summed E-state index contributed by atoms with van der Waals surface area (Å²) in [6, 6.07) is 10.5. The fourth-order valence-electron chi connectivity index (χ4n) is 4.50. The van der Waals surface area contributed by atoms with Gasteiger partial charge in [0.1, 0.15) is 5.82 Å². The third-order valence-electron chi connectivity index (χ3n) is 6.29. The summed E-state index contributed by atoms with van der Waals surface area (Å²) >= 11 is 0. The lowest BCUT2D eigenvalue weighted by Gasteiger charge is -2.29. The normalized spacial score (nSPS) is 19.9. The van der Waals surface area contributed by atoms with Crippen molar-refractivity contribution in [3.8, 4) is 0 Å². The number of benzene rings is 2. The number of allylic oxidation sites excluding steroid dienone is 1. The van der Waals surface area contributed by atoms with Crippen molar-refractivity contribution in [3.63, 3.8) is 0 Å². The Morgan fingerprint density at radius 3 is 2.40 bits per heavy atom. The van der Waals surface area contributed by atoms with Gasteiger partial charge in [-0.2, -0.15) is 13.2 Å². The number of hydrogen-bond donors (Lipinski definition) is 2. The smallest absolute Gasteiger partial charge is 0.416 e. The maximum atomic E-state index is 14.1. The predicted octanol–water partition coefficient (Wildman–Crippen LogP) is 6.61. The van der Waals surface area contributed by atoms with Gasteiger partial charge in [0.05, 0.1) is 24.1 Å². The SMILES string of the molecule is O=C(Nc1ccc(C(F)(F)F)cc1F)C1CCCC(c2ccc(C3=COCCC3)cc2)C1.O=CO. The van der Waals surface area contributed by atoms with Crippen LogP contribution in [0.15, 0.2) is 48.7 Å². The van der Waals surface area contributed by atoms with E-state index in [4.69, 9.17) is 14.6 Å². The second kappa shape index (κ2) is 11.9. The molecule has 35 heavy (non-hydrogen) atoms. The molecule has 0 aromatic heterocycles. The molecule has 1 fully saturated rings. The van der Waals surface area contributed by atoms with E-state index >= 15 is 0 Å². The highest BCUT2D eigenvalue weighted by atomic mass is 19.4. The Balaban J connectivity index is 0.00000108. The van der Waals surface area contributed by atoms with Crippen LogP contribution >= 0.6 is 0 Å². The zero-order valence-corrected chi connectivity index (χ0v) is 19.0. The maximum Gasteiger partial charge on any atom is 0.416 e. The molecule has 2 aromatic carbocycles. The van der Waals surface area contributed by atoms with Crippen molar-refractivity contribution >= 4 is 23.6 Å². The summed E-state index contributed by atoms with van der Waals surface area (Å²) in [6.07, 6.45) is 2.31. The maximum absolute atomic E-state index is 14.1. The molecule has 2 atom stereocenters. The first kappa shape index (κ1) is 26.2. The average Bonchev–Trinajstić information content (AvgIpc) is 2.86. The molecule has 4 rings (SSSR count). The number of hydrogen-bond acceptors (Lipinski definition) is 3. The zero-order valence-electron chi connectivity index (χ0n) is 19.0. The van der Waals surface area contributed by atoms with Crippen LogP contribution in [0, 0.1) is 11.7 Å². The standard InChI is InChI=1S/C25H25F4NO2.CH2O2/c26-22-14-21(25(27,28)29)10-11-23(22)30-24(31)19-4-1-3-18(13-19)16-6-8-17(9-7-16)20-5-2-12-32-15-20;2-1-3/h6-11,14-15,18-19H,1-5,12-13H2,(H,30,31);1H,(H,2,3). The van der Waals surface area contributed by atoms with E-state index in [1.165, 1.54) is 5.57 Å². The highest BCUT2D eigenvalue weighted by Crippen LogP contribution is 2.38. The van der Waals surface area contributed by atoms with Crippen molar-refractivity contribution in [2.24, 2.45) is 5.92 Å². The van der Waals surface area contributed by atoms with Gasteiger partial charge in [-0.15, -0.1) is 0 Å². The molecule has 0 saturated heterocycles. The number of carbonyl (C=O) groups excluding carboxylic acids is 1. The van der Waals surface area contributed by atoms with Gasteiger partial charge in [0.15, 0.2) is 0 Å². The second-order valence-electron chi connectivity index (χ2n) is 8.59. The number of carbonyl (C=O) groups is 2. The molecule has 1 aliphatic heterocycles. The summed E-state index contributed by atoms with van der Waals surface area (Å²) in [4.78, 5) is 21.1. The Hall–Kier alpha value is -3.36. The quantitative estimate of drug-likeness (QED) is 0.371. The van der Waals surface area contributed by atoms with E-state index in [0.717, 1.165) is 55.5 Å². The minimum absolute atomic E-state index is 0.211. The van der Waals surface area contributed by atoms with Gasteiger partial charge in [-0.1, -0.05) is 30.7 Å². The van der Waals surface area contributed by atoms with Gasteiger partial charge in [-0.3, -0.25) is 9.59 Å². The van der Waals surface area contributed by atoms with Crippen LogP contribution in [0.25, 0.3) is 5.57 Å². The summed E-state index contributed by atoms with van der Waals surface area (Å²) in [5.41, 5.74) is 2.17. The minimum atomic E-state index is -4.63. The van der Waals surface area contributed by atoms with Gasteiger partial charge in [0.25, 0.3) is 6.47 Å². The molecule has 0 bridgehead atoms. The molecule has 1 aliphatic carbocycles. The van der Waals surface area contributed by atoms with E-state index in [1.807, 2.05) is 6.26 Å². The molecule has 2 N–H and O–H groups in total. The molecule has 9 heteroatoms. The minimum Gasteiger partial charge on any atom is -0.501 e. The second-order valence-corrected chi connectivity index (χ2v) is 8.59. The van der Waals surface area contributed by atoms with Crippen LogP contribution in [-0.2, 0) is 20.5 Å². The van der Waals surface area contributed by atoms with Crippen LogP contribution in [0.3, 0.4) is 0 Å². The monoisotopic (exact) mass is 493 g/mol. The van der Waals surface area contributed by atoms with Crippen LogP contribution < -0.4 is 5.32 Å². The number of alkyl halides is 3. The number of rotatable bonds is 4. The van der Waals surface area contributed by atoms with Crippen molar-refractivity contribution in [1.82, 2.24) is 0 Å². The van der Waals surface area contributed by atoms with Crippen molar-refractivity contribution in [2.45, 2.75) is 50.6 Å². The van der Waals surface area contributed by atoms with E-state index in [1.54, 1.807) is 0 Å². The van der Waals surface area contributed by atoms with Crippen LogP contribution in [0.4, 0.5) is 23.2 Å². The van der Waals surface area contributed by atoms with E-state index in [-0.39, 0.29) is 29.9 Å². The highest BCUT2D eigenvalue weighted by molar-refractivity contribution is 5.92. The summed E-state index contributed by atoms with van der Waals surface area (Å²) < 4.78 is 57.7. The molecule has 1 saturated carbocycles. The molecular weight excluding hydrogens is 466 g/mol.